The van der Waals surface area contributed by atoms with Gasteiger partial charge in [0.25, 0.3) is 20.2 Å². The molecule has 0 aromatic heterocycles. The van der Waals surface area contributed by atoms with Crippen molar-refractivity contribution in [3.63, 3.8) is 0 Å². The van der Waals surface area contributed by atoms with E-state index in [0.717, 1.165) is 6.26 Å². The summed E-state index contributed by atoms with van der Waals surface area (Å²) in [4.78, 5) is 0. The topological polar surface area (TPSA) is 118 Å². The minimum atomic E-state index is -4.14. The highest BCUT2D eigenvalue weighted by molar-refractivity contribution is 7.86. The predicted octanol–water partition coefficient (Wildman–Crippen LogP) is -1.40. The Labute approximate surface area is 82.6 Å². The van der Waals surface area contributed by atoms with Gasteiger partial charge in [0, 0.05) is 0 Å². The summed E-state index contributed by atoms with van der Waals surface area (Å²) in [6.07, 6.45) is -0.719. The molecule has 0 aromatic rings. The van der Waals surface area contributed by atoms with Crippen LogP contribution in [0.4, 0.5) is 0 Å². The normalized spacial score (nSPS) is 15.4. The van der Waals surface area contributed by atoms with E-state index in [1.54, 1.807) is 0 Å². The highest BCUT2D eigenvalue weighted by atomic mass is 32.2. The maximum Gasteiger partial charge on any atom is 0.264 e. The molecule has 7 nitrogen and oxygen atoms in total. The molecule has 2 N–H and O–H groups in total. The Morgan fingerprint density at radius 3 is 2.14 bits per heavy atom. The molecule has 0 spiro atoms. The predicted molar refractivity (Wildman–Crippen MR) is 47.8 cm³/mol. The number of aliphatic hydroxyl groups is 1. The summed E-state index contributed by atoms with van der Waals surface area (Å²) in [5.41, 5.74) is 0. The molecule has 86 valence electrons. The van der Waals surface area contributed by atoms with Gasteiger partial charge in [-0.25, -0.2) is 0 Å². The molecule has 0 fully saturated rings. The summed E-state index contributed by atoms with van der Waals surface area (Å²) in [5.74, 6) is -0.638. The van der Waals surface area contributed by atoms with Gasteiger partial charge in [0.05, 0.1) is 24.7 Å². The summed E-state index contributed by atoms with van der Waals surface area (Å²) in [5, 5.41) is 9.01. The van der Waals surface area contributed by atoms with E-state index >= 15 is 0 Å². The molecule has 0 aliphatic carbocycles. The van der Waals surface area contributed by atoms with Crippen LogP contribution in [-0.2, 0) is 24.4 Å². The third kappa shape index (κ3) is 9.86. The van der Waals surface area contributed by atoms with Gasteiger partial charge in [0.15, 0.2) is 0 Å². The van der Waals surface area contributed by atoms with Gasteiger partial charge in [-0.05, 0) is 6.42 Å². The molecule has 0 rings (SSSR count). The van der Waals surface area contributed by atoms with E-state index in [-0.39, 0.29) is 6.42 Å². The van der Waals surface area contributed by atoms with Crippen LogP contribution >= 0.6 is 0 Å². The van der Waals surface area contributed by atoms with E-state index in [1.165, 1.54) is 0 Å². The van der Waals surface area contributed by atoms with Crippen LogP contribution in [0, 0.1) is 0 Å². The maximum atomic E-state index is 10.4. The van der Waals surface area contributed by atoms with E-state index < -0.39 is 38.7 Å². The van der Waals surface area contributed by atoms with Crippen molar-refractivity contribution in [1.29, 1.82) is 0 Å². The van der Waals surface area contributed by atoms with E-state index in [2.05, 4.69) is 4.18 Å². The fraction of sp³-hybridized carbons (Fsp3) is 1.00. The smallest absolute Gasteiger partial charge is 0.264 e. The van der Waals surface area contributed by atoms with Crippen LogP contribution < -0.4 is 0 Å². The third-order valence-electron chi connectivity index (χ3n) is 1.18. The van der Waals surface area contributed by atoms with E-state index in [4.69, 9.17) is 9.66 Å². The van der Waals surface area contributed by atoms with Gasteiger partial charge in [-0.3, -0.25) is 8.74 Å². The second-order valence-electron chi connectivity index (χ2n) is 2.72. The van der Waals surface area contributed by atoms with Crippen molar-refractivity contribution in [3.8, 4) is 0 Å². The van der Waals surface area contributed by atoms with Crippen molar-refractivity contribution in [2.75, 3.05) is 18.6 Å². The van der Waals surface area contributed by atoms with E-state index in [1.807, 2.05) is 0 Å². The van der Waals surface area contributed by atoms with Crippen molar-refractivity contribution in [2.45, 2.75) is 12.5 Å². The van der Waals surface area contributed by atoms with Crippen LogP contribution in [0.15, 0.2) is 0 Å². The van der Waals surface area contributed by atoms with Crippen LogP contribution in [0.3, 0.4) is 0 Å². The lowest BCUT2D eigenvalue weighted by Gasteiger charge is -2.08. The highest BCUT2D eigenvalue weighted by Crippen LogP contribution is 1.98. The molecule has 0 saturated heterocycles. The molecule has 0 aliphatic rings. The standard InChI is InChI=1S/C5H12O7S2/c1-13(7,8)12-4-5(6)2-3-14(9,10)11/h5-6H,2-4H2,1H3,(H,9,10,11)/t5-/m1/s1. The molecule has 0 unspecified atom stereocenters. The quantitative estimate of drug-likeness (QED) is 0.438. The summed E-state index contributed by atoms with van der Waals surface area (Å²) < 4.78 is 53.8. The second-order valence-corrected chi connectivity index (χ2v) is 5.93. The molecule has 0 bridgehead atoms. The van der Waals surface area contributed by atoms with Crippen LogP contribution in [0.1, 0.15) is 6.42 Å². The highest BCUT2D eigenvalue weighted by Gasteiger charge is 2.13. The first-order valence-corrected chi connectivity index (χ1v) is 7.00. The zero-order valence-corrected chi connectivity index (χ0v) is 9.08. The van der Waals surface area contributed by atoms with Gasteiger partial charge < -0.3 is 5.11 Å². The number of hydrogen-bond donors (Lipinski definition) is 2. The van der Waals surface area contributed by atoms with Crippen molar-refractivity contribution in [1.82, 2.24) is 0 Å². The molecule has 1 atom stereocenters. The van der Waals surface area contributed by atoms with Gasteiger partial charge in [-0.15, -0.1) is 0 Å². The fourth-order valence-corrected chi connectivity index (χ4v) is 1.54. The van der Waals surface area contributed by atoms with Crippen molar-refractivity contribution in [3.05, 3.63) is 0 Å². The SMILES string of the molecule is CS(=O)(=O)OC[C@H](O)CCS(=O)(=O)O. The molecule has 0 saturated carbocycles. The van der Waals surface area contributed by atoms with Gasteiger partial charge in [0.1, 0.15) is 0 Å². The Morgan fingerprint density at radius 2 is 1.79 bits per heavy atom. The molecular weight excluding hydrogens is 236 g/mol. The van der Waals surface area contributed by atoms with E-state index in [9.17, 15) is 16.8 Å². The van der Waals surface area contributed by atoms with Gasteiger partial charge in [0.2, 0.25) is 0 Å². The van der Waals surface area contributed by atoms with Crippen molar-refractivity contribution >= 4 is 20.2 Å². The first-order valence-electron chi connectivity index (χ1n) is 3.58. The molecule has 9 heteroatoms. The lowest BCUT2D eigenvalue weighted by molar-refractivity contribution is 0.108. The molecule has 14 heavy (non-hydrogen) atoms. The van der Waals surface area contributed by atoms with Crippen molar-refractivity contribution in [2.24, 2.45) is 0 Å². The van der Waals surface area contributed by atoms with Gasteiger partial charge >= 0.3 is 0 Å². The van der Waals surface area contributed by atoms with Crippen LogP contribution in [0.5, 0.6) is 0 Å². The lowest BCUT2D eigenvalue weighted by Crippen LogP contribution is -2.21. The lowest BCUT2D eigenvalue weighted by atomic mass is 10.3. The zero-order valence-electron chi connectivity index (χ0n) is 7.45. The number of rotatable bonds is 6. The maximum absolute atomic E-state index is 10.4. The minimum Gasteiger partial charge on any atom is -0.391 e. The third-order valence-corrected chi connectivity index (χ3v) is 2.50. The fourth-order valence-electron chi connectivity index (χ4n) is 0.570. The number of hydrogen-bond acceptors (Lipinski definition) is 6. The molecule has 0 amide bonds. The molecular formula is C5H12O7S2. The van der Waals surface area contributed by atoms with E-state index in [0.29, 0.717) is 0 Å². The Balaban J connectivity index is 3.84. The molecule has 0 aliphatic heterocycles. The Kier molecular flexibility index (Phi) is 4.95. The molecule has 0 radical (unpaired) electrons. The number of aliphatic hydroxyl groups excluding tert-OH is 1. The van der Waals surface area contributed by atoms with Gasteiger partial charge in [-0.1, -0.05) is 0 Å². The second kappa shape index (κ2) is 5.03. The van der Waals surface area contributed by atoms with Gasteiger partial charge in [-0.2, -0.15) is 16.8 Å². The first kappa shape index (κ1) is 13.8. The van der Waals surface area contributed by atoms with Crippen LogP contribution in [-0.4, -0.2) is 51.2 Å². The largest absolute Gasteiger partial charge is 0.391 e. The van der Waals surface area contributed by atoms with Crippen LogP contribution in [0.25, 0.3) is 0 Å². The minimum absolute atomic E-state index is 0.283. The Bertz CT molecular complexity index is 318. The average molecular weight is 248 g/mol. The average Bonchev–Trinajstić information content (AvgIpc) is 1.94. The Morgan fingerprint density at radius 1 is 1.29 bits per heavy atom. The summed E-state index contributed by atoms with van der Waals surface area (Å²) in [6.45, 7) is -0.519. The Hall–Kier alpha value is -0.220. The first-order chi connectivity index (χ1) is 6.10. The summed E-state index contributed by atoms with van der Waals surface area (Å²) in [7, 11) is -7.78. The molecule has 0 aromatic carbocycles. The van der Waals surface area contributed by atoms with Crippen LogP contribution in [0.2, 0.25) is 0 Å². The summed E-state index contributed by atoms with van der Waals surface area (Å²) in [6, 6.07) is 0. The molecule has 0 heterocycles. The zero-order chi connectivity index (χ0) is 11.4. The monoisotopic (exact) mass is 248 g/mol. The summed E-state index contributed by atoms with van der Waals surface area (Å²) >= 11 is 0. The van der Waals surface area contributed by atoms with Crippen molar-refractivity contribution < 1.29 is 30.7 Å².